The normalized spacial score (nSPS) is 17.3. The van der Waals surface area contributed by atoms with Crippen LogP contribution in [0.3, 0.4) is 0 Å². The van der Waals surface area contributed by atoms with Crippen LogP contribution in [0.2, 0.25) is 0 Å². The third-order valence-electron chi connectivity index (χ3n) is 4.70. The second-order valence-electron chi connectivity index (χ2n) is 6.24. The van der Waals surface area contributed by atoms with Crippen molar-refractivity contribution in [1.82, 2.24) is 18.7 Å². The number of hydrazone groups is 1. The van der Waals surface area contributed by atoms with Crippen LogP contribution in [0.5, 0.6) is 0 Å². The van der Waals surface area contributed by atoms with Gasteiger partial charge in [-0.15, -0.1) is 0 Å². The highest BCUT2D eigenvalue weighted by Gasteiger charge is 2.30. The predicted octanol–water partition coefficient (Wildman–Crippen LogP) is 1.47. The Labute approximate surface area is 140 Å². The summed E-state index contributed by atoms with van der Waals surface area (Å²) in [6.07, 6.45) is 2.02. The molecule has 0 aromatic carbocycles. The Balaban J connectivity index is 2.36. The van der Waals surface area contributed by atoms with Gasteiger partial charge in [0.1, 0.15) is 0 Å². The van der Waals surface area contributed by atoms with E-state index in [0.717, 1.165) is 25.1 Å². The molecular formula is C16H24N6O2. The van der Waals surface area contributed by atoms with E-state index in [0.29, 0.717) is 23.7 Å². The van der Waals surface area contributed by atoms with E-state index in [1.165, 1.54) is 9.13 Å². The topological polar surface area (TPSA) is 77.4 Å². The molecule has 0 unspecified atom stereocenters. The molecule has 1 atom stereocenters. The molecule has 0 radical (unpaired) electrons. The molecule has 0 saturated carbocycles. The Morgan fingerprint density at radius 1 is 1.21 bits per heavy atom. The lowest BCUT2D eigenvalue weighted by Crippen LogP contribution is -2.40. The highest BCUT2D eigenvalue weighted by Crippen LogP contribution is 2.29. The number of nitrogens with zero attached hydrogens (tertiary/aromatic N) is 6. The fourth-order valence-corrected chi connectivity index (χ4v) is 3.12. The van der Waals surface area contributed by atoms with Gasteiger partial charge < -0.3 is 0 Å². The lowest BCUT2D eigenvalue weighted by atomic mass is 10.2. The molecule has 0 fully saturated rings. The number of hydrogen-bond donors (Lipinski definition) is 0. The second kappa shape index (κ2) is 5.92. The molecule has 130 valence electrons. The second-order valence-corrected chi connectivity index (χ2v) is 6.24. The largest absolute Gasteiger partial charge is 0.332 e. The van der Waals surface area contributed by atoms with E-state index in [9.17, 15) is 9.59 Å². The standard InChI is InChI=1S/C16H24N6O2/c1-6-8-9-21-15-17-13-12(22(15)11(4)10(3)18-21)14(23)20(7-2)16(24)19(13)5/h11H,6-9H2,1-5H3/t11-/m0/s1. The summed E-state index contributed by atoms with van der Waals surface area (Å²) in [6.45, 7) is 8.95. The molecule has 0 aliphatic carbocycles. The first-order valence-electron chi connectivity index (χ1n) is 8.46. The summed E-state index contributed by atoms with van der Waals surface area (Å²) in [4.78, 5) is 29.9. The van der Waals surface area contributed by atoms with Gasteiger partial charge in [-0.2, -0.15) is 10.1 Å². The van der Waals surface area contributed by atoms with Gasteiger partial charge in [-0.3, -0.25) is 18.5 Å². The quantitative estimate of drug-likeness (QED) is 0.849. The van der Waals surface area contributed by atoms with Gasteiger partial charge >= 0.3 is 5.69 Å². The minimum atomic E-state index is -0.337. The van der Waals surface area contributed by atoms with Crippen LogP contribution in [0.4, 0.5) is 5.95 Å². The molecule has 24 heavy (non-hydrogen) atoms. The Bertz CT molecular complexity index is 933. The van der Waals surface area contributed by atoms with Crippen LogP contribution < -0.4 is 16.3 Å². The zero-order valence-electron chi connectivity index (χ0n) is 14.9. The summed E-state index contributed by atoms with van der Waals surface area (Å²) >= 11 is 0. The zero-order chi connectivity index (χ0) is 17.6. The van der Waals surface area contributed by atoms with E-state index in [1.54, 1.807) is 14.0 Å². The Hall–Kier alpha value is -2.38. The van der Waals surface area contributed by atoms with Crippen molar-refractivity contribution >= 4 is 22.8 Å². The van der Waals surface area contributed by atoms with Crippen molar-refractivity contribution in [3.05, 3.63) is 20.8 Å². The minimum Gasteiger partial charge on any atom is -0.294 e. The lowest BCUT2D eigenvalue weighted by Gasteiger charge is -2.29. The fourth-order valence-electron chi connectivity index (χ4n) is 3.12. The van der Waals surface area contributed by atoms with Crippen LogP contribution in [0.15, 0.2) is 14.7 Å². The highest BCUT2D eigenvalue weighted by molar-refractivity contribution is 5.90. The summed E-state index contributed by atoms with van der Waals surface area (Å²) < 4.78 is 4.62. The molecule has 1 aliphatic rings. The van der Waals surface area contributed by atoms with Crippen molar-refractivity contribution in [2.45, 2.75) is 53.1 Å². The molecule has 0 saturated heterocycles. The van der Waals surface area contributed by atoms with Gasteiger partial charge in [0.05, 0.1) is 11.8 Å². The first-order valence-corrected chi connectivity index (χ1v) is 8.46. The summed E-state index contributed by atoms with van der Waals surface area (Å²) in [6, 6.07) is -0.0709. The molecule has 0 bridgehead atoms. The van der Waals surface area contributed by atoms with Gasteiger partial charge in [-0.05, 0) is 27.2 Å². The highest BCUT2D eigenvalue weighted by atomic mass is 16.2. The Morgan fingerprint density at radius 2 is 1.92 bits per heavy atom. The van der Waals surface area contributed by atoms with E-state index < -0.39 is 0 Å². The van der Waals surface area contributed by atoms with Crippen molar-refractivity contribution in [1.29, 1.82) is 0 Å². The maximum Gasteiger partial charge on any atom is 0.332 e. The molecule has 3 rings (SSSR count). The van der Waals surface area contributed by atoms with Crippen LogP contribution in [0.25, 0.3) is 11.2 Å². The maximum absolute atomic E-state index is 12.9. The smallest absolute Gasteiger partial charge is 0.294 e. The van der Waals surface area contributed by atoms with Crippen LogP contribution in [-0.2, 0) is 13.6 Å². The molecule has 3 heterocycles. The molecule has 2 aromatic rings. The average Bonchev–Trinajstić information content (AvgIpc) is 2.96. The van der Waals surface area contributed by atoms with Crippen LogP contribution >= 0.6 is 0 Å². The predicted molar refractivity (Wildman–Crippen MR) is 95.0 cm³/mol. The van der Waals surface area contributed by atoms with Gasteiger partial charge in [-0.25, -0.2) is 9.80 Å². The minimum absolute atomic E-state index is 0.0709. The van der Waals surface area contributed by atoms with Crippen molar-refractivity contribution in [2.75, 3.05) is 11.6 Å². The molecule has 0 spiro atoms. The number of hydrogen-bond acceptors (Lipinski definition) is 5. The summed E-state index contributed by atoms with van der Waals surface area (Å²) in [7, 11) is 1.66. The average molecular weight is 332 g/mol. The van der Waals surface area contributed by atoms with Gasteiger partial charge in [0, 0.05) is 20.1 Å². The van der Waals surface area contributed by atoms with Gasteiger partial charge in [0.2, 0.25) is 5.95 Å². The number of fused-ring (bicyclic) bond motifs is 3. The number of unbranched alkanes of at least 4 members (excludes halogenated alkanes) is 1. The summed E-state index contributed by atoms with van der Waals surface area (Å²) in [5.41, 5.74) is 1.19. The van der Waals surface area contributed by atoms with Crippen LogP contribution in [0, 0.1) is 0 Å². The van der Waals surface area contributed by atoms with E-state index in [4.69, 9.17) is 0 Å². The van der Waals surface area contributed by atoms with E-state index >= 15 is 0 Å². The molecule has 2 aromatic heterocycles. The maximum atomic E-state index is 12.9. The first-order chi connectivity index (χ1) is 11.4. The molecule has 8 nitrogen and oxygen atoms in total. The van der Waals surface area contributed by atoms with Crippen molar-refractivity contribution < 1.29 is 0 Å². The molecule has 0 N–H and O–H groups in total. The third-order valence-corrected chi connectivity index (χ3v) is 4.70. The molecule has 8 heteroatoms. The van der Waals surface area contributed by atoms with Gasteiger partial charge in [-0.1, -0.05) is 13.3 Å². The number of imidazole rings is 1. The fraction of sp³-hybridized carbons (Fsp3) is 0.625. The monoisotopic (exact) mass is 332 g/mol. The molecule has 0 amide bonds. The lowest BCUT2D eigenvalue weighted by molar-refractivity contribution is 0.612. The van der Waals surface area contributed by atoms with Gasteiger partial charge in [0.25, 0.3) is 5.56 Å². The third kappa shape index (κ3) is 2.20. The number of anilines is 1. The first kappa shape index (κ1) is 16.5. The number of aromatic nitrogens is 4. The number of aryl methyl sites for hydroxylation is 1. The summed E-state index contributed by atoms with van der Waals surface area (Å²) in [5, 5.41) is 6.48. The van der Waals surface area contributed by atoms with E-state index in [-0.39, 0.29) is 17.3 Å². The van der Waals surface area contributed by atoms with Crippen molar-refractivity contribution in [3.8, 4) is 0 Å². The summed E-state index contributed by atoms with van der Waals surface area (Å²) in [5.74, 6) is 0.637. The van der Waals surface area contributed by atoms with Crippen LogP contribution in [-0.4, -0.2) is 30.9 Å². The SMILES string of the molecule is CCCCN1N=C(C)[C@H](C)n2c1nc1c2c(=O)n(CC)c(=O)n1C. The molecular weight excluding hydrogens is 308 g/mol. The van der Waals surface area contributed by atoms with E-state index in [2.05, 4.69) is 17.0 Å². The Morgan fingerprint density at radius 3 is 2.54 bits per heavy atom. The Kier molecular flexibility index (Phi) is 4.06. The zero-order valence-corrected chi connectivity index (χ0v) is 14.9. The molecule has 1 aliphatic heterocycles. The van der Waals surface area contributed by atoms with Crippen LogP contribution in [0.1, 0.15) is 46.6 Å². The van der Waals surface area contributed by atoms with E-state index in [1.807, 2.05) is 23.4 Å². The van der Waals surface area contributed by atoms with Crippen molar-refractivity contribution in [3.63, 3.8) is 0 Å². The van der Waals surface area contributed by atoms with Gasteiger partial charge in [0.15, 0.2) is 11.2 Å². The number of rotatable bonds is 4. The van der Waals surface area contributed by atoms with Crippen molar-refractivity contribution in [2.24, 2.45) is 12.1 Å².